The highest BCUT2D eigenvalue weighted by Crippen LogP contribution is 2.31. The highest BCUT2D eigenvalue weighted by atomic mass is 16.5. The topological polar surface area (TPSA) is 88.7 Å². The molecule has 0 radical (unpaired) electrons. The first kappa shape index (κ1) is 21.5. The van der Waals surface area contributed by atoms with Gasteiger partial charge in [0.2, 0.25) is 0 Å². The summed E-state index contributed by atoms with van der Waals surface area (Å²) in [6.45, 7) is 5.82. The summed E-state index contributed by atoms with van der Waals surface area (Å²) in [7, 11) is 1.59. The number of hydrogen-bond acceptors (Lipinski definition) is 4. The second-order valence-electron chi connectivity index (χ2n) is 7.72. The molecular weight excluding hydrogens is 382 g/mol. The fourth-order valence-electron chi connectivity index (χ4n) is 2.95. The predicted molar refractivity (Wildman–Crippen MR) is 116 cm³/mol. The maximum Gasteiger partial charge on any atom is 0.319 e. The summed E-state index contributed by atoms with van der Waals surface area (Å²) in [6.07, 6.45) is 2.10. The van der Waals surface area contributed by atoms with Crippen LogP contribution in [0.1, 0.15) is 55.6 Å². The minimum Gasteiger partial charge on any atom is -0.493 e. The van der Waals surface area contributed by atoms with Crippen molar-refractivity contribution in [2.24, 2.45) is 0 Å². The Morgan fingerprint density at radius 1 is 1.00 bits per heavy atom. The molecule has 1 saturated carbocycles. The van der Waals surface area contributed by atoms with Gasteiger partial charge in [0.25, 0.3) is 5.91 Å². The van der Waals surface area contributed by atoms with Gasteiger partial charge in [-0.2, -0.15) is 0 Å². The molecule has 1 aliphatic carbocycles. The zero-order chi connectivity index (χ0) is 21.7. The molecule has 0 aromatic heterocycles. The standard InChI is InChI=1S/C23H29N3O4/c1-14(2)30-20-12-7-17(13-21(20)29-4)15(3)24-22(27)16-5-8-18(9-6-16)25-23(28)26-19-10-11-19/h5-9,12-15,19H,10-11H2,1-4H3,(H,24,27)(H2,25,26,28). The maximum absolute atomic E-state index is 12.6. The van der Waals surface area contributed by atoms with Gasteiger partial charge in [0, 0.05) is 17.3 Å². The van der Waals surface area contributed by atoms with E-state index in [0.717, 1.165) is 18.4 Å². The number of hydrogen-bond donors (Lipinski definition) is 3. The van der Waals surface area contributed by atoms with Gasteiger partial charge in [-0.15, -0.1) is 0 Å². The molecule has 3 amide bonds. The molecule has 0 spiro atoms. The molecule has 0 aliphatic heterocycles. The van der Waals surface area contributed by atoms with Crippen LogP contribution in [0, 0.1) is 0 Å². The van der Waals surface area contributed by atoms with Gasteiger partial charge in [-0.3, -0.25) is 4.79 Å². The Labute approximate surface area is 177 Å². The molecule has 3 rings (SSSR count). The lowest BCUT2D eigenvalue weighted by molar-refractivity contribution is 0.0940. The molecule has 1 aliphatic rings. The molecule has 1 atom stereocenters. The van der Waals surface area contributed by atoms with Crippen LogP contribution in [0.15, 0.2) is 42.5 Å². The second kappa shape index (κ2) is 9.52. The zero-order valence-corrected chi connectivity index (χ0v) is 17.8. The van der Waals surface area contributed by atoms with E-state index in [2.05, 4.69) is 16.0 Å². The number of methoxy groups -OCH3 is 1. The van der Waals surface area contributed by atoms with Crippen molar-refractivity contribution in [2.75, 3.05) is 12.4 Å². The molecule has 0 heterocycles. The van der Waals surface area contributed by atoms with Crippen LogP contribution in [0.4, 0.5) is 10.5 Å². The average Bonchev–Trinajstić information content (AvgIpc) is 3.52. The molecule has 2 aromatic rings. The summed E-state index contributed by atoms with van der Waals surface area (Å²) in [5, 5.41) is 8.61. The molecule has 2 aromatic carbocycles. The first-order chi connectivity index (χ1) is 14.4. The summed E-state index contributed by atoms with van der Waals surface area (Å²) in [4.78, 5) is 24.4. The quantitative estimate of drug-likeness (QED) is 0.606. The van der Waals surface area contributed by atoms with Crippen LogP contribution in [0.25, 0.3) is 0 Å². The van der Waals surface area contributed by atoms with Crippen molar-refractivity contribution in [3.63, 3.8) is 0 Å². The van der Waals surface area contributed by atoms with E-state index in [1.54, 1.807) is 31.4 Å². The number of carbonyl (C=O) groups excluding carboxylic acids is 2. The largest absolute Gasteiger partial charge is 0.493 e. The van der Waals surface area contributed by atoms with Gasteiger partial charge in [0.15, 0.2) is 11.5 Å². The van der Waals surface area contributed by atoms with Gasteiger partial charge in [0.05, 0.1) is 19.3 Å². The van der Waals surface area contributed by atoms with Crippen LogP contribution in [-0.2, 0) is 0 Å². The normalized spacial score (nSPS) is 14.0. The first-order valence-electron chi connectivity index (χ1n) is 10.2. The smallest absolute Gasteiger partial charge is 0.319 e. The molecule has 160 valence electrons. The van der Waals surface area contributed by atoms with Crippen LogP contribution in [0.3, 0.4) is 0 Å². The number of rotatable bonds is 8. The van der Waals surface area contributed by atoms with Gasteiger partial charge < -0.3 is 25.4 Å². The van der Waals surface area contributed by atoms with Gasteiger partial charge in [-0.05, 0) is 75.6 Å². The number of ether oxygens (including phenoxy) is 2. The molecule has 1 unspecified atom stereocenters. The van der Waals surface area contributed by atoms with Crippen LogP contribution < -0.4 is 25.4 Å². The van der Waals surface area contributed by atoms with E-state index >= 15 is 0 Å². The van der Waals surface area contributed by atoms with Crippen molar-refractivity contribution >= 4 is 17.6 Å². The van der Waals surface area contributed by atoms with Gasteiger partial charge in [-0.25, -0.2) is 4.79 Å². The Morgan fingerprint density at radius 3 is 2.30 bits per heavy atom. The van der Waals surface area contributed by atoms with Crippen LogP contribution in [-0.4, -0.2) is 31.2 Å². The Morgan fingerprint density at radius 2 is 1.70 bits per heavy atom. The van der Waals surface area contributed by atoms with E-state index in [1.807, 2.05) is 39.0 Å². The van der Waals surface area contributed by atoms with E-state index in [9.17, 15) is 9.59 Å². The third-order valence-corrected chi connectivity index (χ3v) is 4.72. The van der Waals surface area contributed by atoms with Crippen LogP contribution >= 0.6 is 0 Å². The molecule has 7 heteroatoms. The first-order valence-corrected chi connectivity index (χ1v) is 10.2. The lowest BCUT2D eigenvalue weighted by Gasteiger charge is -2.18. The summed E-state index contributed by atoms with van der Waals surface area (Å²) in [5.74, 6) is 1.10. The van der Waals surface area contributed by atoms with E-state index in [0.29, 0.717) is 28.8 Å². The predicted octanol–water partition coefficient (Wildman–Crippen LogP) is 4.26. The Balaban J connectivity index is 1.60. The minimum atomic E-state index is -0.221. The van der Waals surface area contributed by atoms with Crippen molar-refractivity contribution < 1.29 is 19.1 Å². The monoisotopic (exact) mass is 411 g/mol. The van der Waals surface area contributed by atoms with E-state index in [-0.39, 0.29) is 24.1 Å². The maximum atomic E-state index is 12.6. The van der Waals surface area contributed by atoms with Crippen molar-refractivity contribution in [1.29, 1.82) is 0 Å². The summed E-state index contributed by atoms with van der Waals surface area (Å²) < 4.78 is 11.2. The number of urea groups is 1. The number of anilines is 1. The highest BCUT2D eigenvalue weighted by molar-refractivity contribution is 5.95. The van der Waals surface area contributed by atoms with Crippen molar-refractivity contribution in [3.05, 3.63) is 53.6 Å². The third-order valence-electron chi connectivity index (χ3n) is 4.72. The number of carbonyl (C=O) groups is 2. The minimum absolute atomic E-state index is 0.0409. The lowest BCUT2D eigenvalue weighted by Crippen LogP contribution is -2.30. The molecule has 7 nitrogen and oxygen atoms in total. The number of benzene rings is 2. The molecular formula is C23H29N3O4. The number of amides is 3. The van der Waals surface area contributed by atoms with Crippen LogP contribution in [0.5, 0.6) is 11.5 Å². The van der Waals surface area contributed by atoms with E-state index < -0.39 is 0 Å². The fourth-order valence-corrected chi connectivity index (χ4v) is 2.95. The highest BCUT2D eigenvalue weighted by Gasteiger charge is 2.23. The van der Waals surface area contributed by atoms with Crippen LogP contribution in [0.2, 0.25) is 0 Å². The van der Waals surface area contributed by atoms with Crippen molar-refractivity contribution in [3.8, 4) is 11.5 Å². The Hall–Kier alpha value is -3.22. The van der Waals surface area contributed by atoms with Crippen molar-refractivity contribution in [2.45, 2.75) is 51.8 Å². The summed E-state index contributed by atoms with van der Waals surface area (Å²) >= 11 is 0. The van der Waals surface area contributed by atoms with Gasteiger partial charge >= 0.3 is 6.03 Å². The summed E-state index contributed by atoms with van der Waals surface area (Å²) in [6, 6.07) is 12.3. The molecule has 0 saturated heterocycles. The summed E-state index contributed by atoms with van der Waals surface area (Å²) in [5.41, 5.74) is 2.07. The molecule has 1 fully saturated rings. The second-order valence-corrected chi connectivity index (χ2v) is 7.72. The molecule has 30 heavy (non-hydrogen) atoms. The van der Waals surface area contributed by atoms with Gasteiger partial charge in [-0.1, -0.05) is 6.07 Å². The fraction of sp³-hybridized carbons (Fsp3) is 0.391. The zero-order valence-electron chi connectivity index (χ0n) is 17.8. The number of nitrogens with one attached hydrogen (secondary N) is 3. The van der Waals surface area contributed by atoms with E-state index in [1.165, 1.54) is 0 Å². The van der Waals surface area contributed by atoms with Gasteiger partial charge in [0.1, 0.15) is 0 Å². The third kappa shape index (κ3) is 5.89. The lowest BCUT2D eigenvalue weighted by atomic mass is 10.1. The molecule has 3 N–H and O–H groups in total. The van der Waals surface area contributed by atoms with E-state index in [4.69, 9.17) is 9.47 Å². The Bertz CT molecular complexity index is 892. The average molecular weight is 412 g/mol. The van der Waals surface area contributed by atoms with Crippen molar-refractivity contribution in [1.82, 2.24) is 10.6 Å². The molecule has 0 bridgehead atoms. The Kier molecular flexibility index (Phi) is 6.82. The SMILES string of the molecule is COc1cc(C(C)NC(=O)c2ccc(NC(=O)NC3CC3)cc2)ccc1OC(C)C.